The van der Waals surface area contributed by atoms with Crippen molar-refractivity contribution >= 4 is 5.97 Å². The molecule has 1 aromatic rings. The highest BCUT2D eigenvalue weighted by atomic mass is 16.4. The largest absolute Gasteiger partial charge is 0.475 e. The fourth-order valence-electron chi connectivity index (χ4n) is 2.48. The summed E-state index contributed by atoms with van der Waals surface area (Å²) in [6.45, 7) is 10.7. The number of carboxylic acids is 1. The number of oxazole rings is 1. The molecule has 0 aromatic carbocycles. The molecule has 0 saturated heterocycles. The number of rotatable bonds is 6. The van der Waals surface area contributed by atoms with Gasteiger partial charge in [0.05, 0.1) is 5.69 Å². The zero-order chi connectivity index (χ0) is 14.6. The molecule has 0 aliphatic carbocycles. The van der Waals surface area contributed by atoms with E-state index >= 15 is 0 Å². The number of aryl methyl sites for hydroxylation is 1. The Labute approximate surface area is 115 Å². The highest BCUT2D eigenvalue weighted by Crippen LogP contribution is 2.26. The zero-order valence-corrected chi connectivity index (χ0v) is 12.6. The first kappa shape index (κ1) is 15.7. The van der Waals surface area contributed by atoms with Gasteiger partial charge in [-0.15, -0.1) is 0 Å². The number of carbonyl (C=O) groups is 1. The summed E-state index contributed by atoms with van der Waals surface area (Å²) in [5.41, 5.74) is 0.835. The molecule has 0 spiro atoms. The monoisotopic (exact) mass is 267 g/mol. The Kier molecular flexibility index (Phi) is 5.15. The fraction of sp³-hybridized carbons (Fsp3) is 0.733. The molecule has 108 valence electrons. The highest BCUT2D eigenvalue weighted by molar-refractivity contribution is 5.85. The van der Waals surface area contributed by atoms with Crippen LogP contribution in [-0.2, 0) is 12.8 Å². The van der Waals surface area contributed by atoms with Crippen LogP contribution >= 0.6 is 0 Å². The minimum atomic E-state index is -1.02. The van der Waals surface area contributed by atoms with Gasteiger partial charge in [0.15, 0.2) is 5.89 Å². The van der Waals surface area contributed by atoms with E-state index in [-0.39, 0.29) is 11.2 Å². The van der Waals surface area contributed by atoms with Gasteiger partial charge >= 0.3 is 5.97 Å². The number of aromatic nitrogens is 1. The summed E-state index contributed by atoms with van der Waals surface area (Å²) < 4.78 is 5.40. The van der Waals surface area contributed by atoms with Crippen LogP contribution in [0.2, 0.25) is 0 Å². The van der Waals surface area contributed by atoms with Crippen molar-refractivity contribution in [2.24, 2.45) is 11.3 Å². The summed E-state index contributed by atoms with van der Waals surface area (Å²) >= 11 is 0. The first-order valence-corrected chi connectivity index (χ1v) is 6.94. The van der Waals surface area contributed by atoms with Gasteiger partial charge in [0.2, 0.25) is 5.76 Å². The maximum atomic E-state index is 11.1. The Morgan fingerprint density at radius 2 is 2.05 bits per heavy atom. The number of aromatic carboxylic acids is 1. The smallest absolute Gasteiger partial charge is 0.373 e. The van der Waals surface area contributed by atoms with Gasteiger partial charge in [-0.25, -0.2) is 9.78 Å². The lowest BCUT2D eigenvalue weighted by Gasteiger charge is -2.22. The molecule has 4 heteroatoms. The molecule has 1 aromatic heterocycles. The molecule has 0 aliphatic heterocycles. The molecule has 1 atom stereocenters. The van der Waals surface area contributed by atoms with Crippen molar-refractivity contribution in [3.8, 4) is 0 Å². The van der Waals surface area contributed by atoms with E-state index in [9.17, 15) is 4.79 Å². The van der Waals surface area contributed by atoms with Crippen molar-refractivity contribution in [1.29, 1.82) is 0 Å². The molecule has 0 amide bonds. The number of nitrogens with zero attached hydrogens (tertiary/aromatic N) is 1. The highest BCUT2D eigenvalue weighted by Gasteiger charge is 2.22. The Balaban J connectivity index is 2.79. The van der Waals surface area contributed by atoms with Crippen LogP contribution in [0.25, 0.3) is 0 Å². The first-order chi connectivity index (χ1) is 8.73. The number of carboxylic acid groups (broad SMARTS) is 1. The van der Waals surface area contributed by atoms with E-state index in [4.69, 9.17) is 9.52 Å². The van der Waals surface area contributed by atoms with Gasteiger partial charge < -0.3 is 9.52 Å². The summed E-state index contributed by atoms with van der Waals surface area (Å²) in [7, 11) is 0. The molecule has 4 nitrogen and oxygen atoms in total. The average molecular weight is 267 g/mol. The maximum Gasteiger partial charge on any atom is 0.373 e. The van der Waals surface area contributed by atoms with E-state index in [1.807, 2.05) is 6.92 Å². The lowest BCUT2D eigenvalue weighted by atomic mass is 9.84. The van der Waals surface area contributed by atoms with Crippen molar-refractivity contribution in [2.75, 3.05) is 0 Å². The number of hydrogen-bond donors (Lipinski definition) is 1. The van der Waals surface area contributed by atoms with Gasteiger partial charge in [-0.05, 0) is 24.2 Å². The first-order valence-electron chi connectivity index (χ1n) is 6.94. The van der Waals surface area contributed by atoms with Crippen molar-refractivity contribution < 1.29 is 14.3 Å². The second-order valence-corrected chi connectivity index (χ2v) is 6.51. The van der Waals surface area contributed by atoms with Crippen molar-refractivity contribution in [3.05, 3.63) is 17.3 Å². The minimum Gasteiger partial charge on any atom is -0.475 e. The average Bonchev–Trinajstić information content (AvgIpc) is 2.58. The Bertz CT molecular complexity index is 429. The summed E-state index contributed by atoms with van der Waals surface area (Å²) in [6, 6.07) is 0. The zero-order valence-electron chi connectivity index (χ0n) is 12.6. The Hall–Kier alpha value is -1.32. The lowest BCUT2D eigenvalue weighted by Crippen LogP contribution is -2.12. The van der Waals surface area contributed by atoms with Gasteiger partial charge in [-0.3, -0.25) is 0 Å². The molecule has 1 unspecified atom stereocenters. The van der Waals surface area contributed by atoms with E-state index in [1.165, 1.54) is 0 Å². The van der Waals surface area contributed by atoms with Gasteiger partial charge in [-0.2, -0.15) is 0 Å². The van der Waals surface area contributed by atoms with Crippen LogP contribution in [0.4, 0.5) is 0 Å². The third-order valence-corrected chi connectivity index (χ3v) is 2.91. The van der Waals surface area contributed by atoms with E-state index in [2.05, 4.69) is 32.7 Å². The van der Waals surface area contributed by atoms with Gasteiger partial charge in [0.25, 0.3) is 0 Å². The predicted molar refractivity (Wildman–Crippen MR) is 74.4 cm³/mol. The molecule has 1 heterocycles. The third-order valence-electron chi connectivity index (χ3n) is 2.91. The van der Waals surface area contributed by atoms with Crippen LogP contribution in [0.1, 0.15) is 69.6 Å². The van der Waals surface area contributed by atoms with Crippen molar-refractivity contribution in [3.63, 3.8) is 0 Å². The molecule has 0 radical (unpaired) electrons. The normalized spacial score (nSPS) is 13.5. The van der Waals surface area contributed by atoms with Crippen LogP contribution in [0.15, 0.2) is 4.42 Å². The third kappa shape index (κ3) is 5.05. The van der Waals surface area contributed by atoms with Crippen molar-refractivity contribution in [2.45, 2.75) is 60.3 Å². The van der Waals surface area contributed by atoms with Crippen LogP contribution in [-0.4, -0.2) is 16.1 Å². The molecule has 0 bridgehead atoms. The van der Waals surface area contributed by atoms with Gasteiger partial charge in [0, 0.05) is 6.42 Å². The summed E-state index contributed by atoms with van der Waals surface area (Å²) in [6.07, 6.45) is 3.27. The maximum absolute atomic E-state index is 11.1. The van der Waals surface area contributed by atoms with E-state index in [0.29, 0.717) is 30.3 Å². The molecule has 0 saturated carbocycles. The summed E-state index contributed by atoms with van der Waals surface area (Å²) in [4.78, 5) is 15.4. The second kappa shape index (κ2) is 6.22. The SMILES string of the molecule is CCCc1nc(CC(C)CC(C)(C)C)oc1C(=O)O. The predicted octanol–water partition coefficient (Wildman–Crippen LogP) is 3.94. The Morgan fingerprint density at radius 1 is 1.42 bits per heavy atom. The van der Waals surface area contributed by atoms with Crippen LogP contribution in [0.3, 0.4) is 0 Å². The lowest BCUT2D eigenvalue weighted by molar-refractivity contribution is 0.0658. The van der Waals surface area contributed by atoms with E-state index in [0.717, 1.165) is 12.8 Å². The van der Waals surface area contributed by atoms with Crippen molar-refractivity contribution in [1.82, 2.24) is 4.98 Å². The van der Waals surface area contributed by atoms with Crippen LogP contribution < -0.4 is 0 Å². The fourth-order valence-corrected chi connectivity index (χ4v) is 2.48. The van der Waals surface area contributed by atoms with Crippen LogP contribution in [0.5, 0.6) is 0 Å². The quantitative estimate of drug-likeness (QED) is 0.848. The second-order valence-electron chi connectivity index (χ2n) is 6.51. The van der Waals surface area contributed by atoms with Gasteiger partial charge in [0.1, 0.15) is 0 Å². The topological polar surface area (TPSA) is 63.3 Å². The minimum absolute atomic E-state index is 0.0137. The van der Waals surface area contributed by atoms with Gasteiger partial charge in [-0.1, -0.05) is 41.0 Å². The molecule has 0 fully saturated rings. The molecule has 1 rings (SSSR count). The van der Waals surface area contributed by atoms with E-state index < -0.39 is 5.97 Å². The standard InChI is InChI=1S/C15H25NO3/c1-6-7-11-13(14(17)18)19-12(16-11)8-10(2)9-15(3,4)5/h10H,6-9H2,1-5H3,(H,17,18). The molecular weight excluding hydrogens is 242 g/mol. The van der Waals surface area contributed by atoms with E-state index in [1.54, 1.807) is 0 Å². The molecule has 1 N–H and O–H groups in total. The molecular formula is C15H25NO3. The summed E-state index contributed by atoms with van der Waals surface area (Å²) in [5.74, 6) is -0.0298. The summed E-state index contributed by atoms with van der Waals surface area (Å²) in [5, 5.41) is 9.09. The number of hydrogen-bond acceptors (Lipinski definition) is 3. The Morgan fingerprint density at radius 3 is 2.53 bits per heavy atom. The molecule has 19 heavy (non-hydrogen) atoms. The van der Waals surface area contributed by atoms with Crippen LogP contribution in [0, 0.1) is 11.3 Å². The molecule has 0 aliphatic rings.